The first-order valence-electron chi connectivity index (χ1n) is 12.2. The maximum Gasteiger partial charge on any atom is 0.254 e. The number of piperazine rings is 1. The fourth-order valence-electron chi connectivity index (χ4n) is 4.24. The van der Waals surface area contributed by atoms with Gasteiger partial charge in [0.05, 0.1) is 0 Å². The summed E-state index contributed by atoms with van der Waals surface area (Å²) >= 11 is 0. The number of hydrogen-bond donors (Lipinski definition) is 2. The Labute approximate surface area is 206 Å². The van der Waals surface area contributed by atoms with Crippen molar-refractivity contribution in [3.05, 3.63) is 60.7 Å². The molecule has 1 heterocycles. The first kappa shape index (κ1) is 25.9. The van der Waals surface area contributed by atoms with Crippen LogP contribution in [0.15, 0.2) is 55.1 Å². The van der Waals surface area contributed by atoms with Crippen molar-refractivity contribution in [2.24, 2.45) is 0 Å². The molecule has 2 aromatic carbocycles. The fraction of sp³-hybridized carbons (Fsp3) is 0.407. The maximum atomic E-state index is 13.2. The quantitative estimate of drug-likeness (QED) is 0.405. The molecule has 1 aliphatic heterocycles. The van der Waals surface area contributed by atoms with Crippen LogP contribution in [0.25, 0.3) is 10.8 Å². The van der Waals surface area contributed by atoms with Crippen molar-refractivity contribution in [1.29, 1.82) is 0 Å². The van der Waals surface area contributed by atoms with Crippen molar-refractivity contribution >= 4 is 34.4 Å². The van der Waals surface area contributed by atoms with Gasteiger partial charge in [-0.25, -0.2) is 0 Å². The number of unbranched alkanes of at least 4 members (excludes halogenated alkanes) is 1. The third-order valence-corrected chi connectivity index (χ3v) is 6.26. The standard InChI is InChI=1S/C27H34N4O4/c1-3-24(32)28-15-8-7-14-23(29-25(33)4-2)27(35)31-18-16-30(17-19-31)26(34)22-13-9-11-20-10-5-6-12-21(20)22/h3,5-6,9-13,23H,1,4,7-8,14-19H2,2H3,(H,28,32)(H,29,33)/t23-/m0/s1. The minimum Gasteiger partial charge on any atom is -0.353 e. The van der Waals surface area contributed by atoms with Crippen molar-refractivity contribution in [1.82, 2.24) is 20.4 Å². The predicted molar refractivity (Wildman–Crippen MR) is 136 cm³/mol. The second kappa shape index (κ2) is 12.7. The lowest BCUT2D eigenvalue weighted by Crippen LogP contribution is -2.55. The van der Waals surface area contributed by atoms with Gasteiger partial charge >= 0.3 is 0 Å². The van der Waals surface area contributed by atoms with Gasteiger partial charge in [-0.15, -0.1) is 0 Å². The average Bonchev–Trinajstić information content (AvgIpc) is 2.90. The van der Waals surface area contributed by atoms with Crippen molar-refractivity contribution in [3.63, 3.8) is 0 Å². The number of carbonyl (C=O) groups excluding carboxylic acids is 4. The number of nitrogens with one attached hydrogen (secondary N) is 2. The Balaban J connectivity index is 1.57. The lowest BCUT2D eigenvalue weighted by molar-refractivity contribution is -0.137. The minimum absolute atomic E-state index is 0.0358. The summed E-state index contributed by atoms with van der Waals surface area (Å²) in [5.41, 5.74) is 0.666. The van der Waals surface area contributed by atoms with Crippen LogP contribution in [0.5, 0.6) is 0 Å². The van der Waals surface area contributed by atoms with Crippen molar-refractivity contribution < 1.29 is 19.2 Å². The SMILES string of the molecule is C=CC(=O)NCCCC[C@H](NC(=O)CC)C(=O)N1CCN(C(=O)c2cccc3ccccc23)CC1. The summed E-state index contributed by atoms with van der Waals surface area (Å²) in [5.74, 6) is -0.564. The molecule has 2 aromatic rings. The normalized spacial score (nSPS) is 14.3. The van der Waals surface area contributed by atoms with Gasteiger partial charge in [-0.1, -0.05) is 49.9 Å². The molecule has 1 fully saturated rings. The van der Waals surface area contributed by atoms with Crippen LogP contribution < -0.4 is 10.6 Å². The molecule has 0 radical (unpaired) electrons. The molecule has 0 saturated carbocycles. The number of hydrogen-bond acceptors (Lipinski definition) is 4. The van der Waals surface area contributed by atoms with E-state index in [1.165, 1.54) is 6.08 Å². The summed E-state index contributed by atoms with van der Waals surface area (Å²) in [6.07, 6.45) is 3.38. The predicted octanol–water partition coefficient (Wildman–Crippen LogP) is 2.49. The largest absolute Gasteiger partial charge is 0.353 e. The van der Waals surface area contributed by atoms with E-state index in [0.717, 1.165) is 10.8 Å². The van der Waals surface area contributed by atoms with Gasteiger partial charge in [0, 0.05) is 44.7 Å². The lowest BCUT2D eigenvalue weighted by atomic mass is 10.0. The molecule has 0 aliphatic carbocycles. The Hall–Kier alpha value is -3.68. The van der Waals surface area contributed by atoms with E-state index in [9.17, 15) is 19.2 Å². The van der Waals surface area contributed by atoms with E-state index in [4.69, 9.17) is 0 Å². The highest BCUT2D eigenvalue weighted by Crippen LogP contribution is 2.21. The molecule has 1 aliphatic rings. The third-order valence-electron chi connectivity index (χ3n) is 6.26. The second-order valence-corrected chi connectivity index (χ2v) is 8.61. The second-order valence-electron chi connectivity index (χ2n) is 8.61. The van der Waals surface area contributed by atoms with E-state index in [-0.39, 0.29) is 23.6 Å². The Kier molecular flexibility index (Phi) is 9.40. The van der Waals surface area contributed by atoms with Gasteiger partial charge in [0.1, 0.15) is 6.04 Å². The van der Waals surface area contributed by atoms with Crippen LogP contribution in [0.1, 0.15) is 43.0 Å². The Bertz CT molecular complexity index is 1070. The fourth-order valence-corrected chi connectivity index (χ4v) is 4.24. The van der Waals surface area contributed by atoms with Crippen LogP contribution in [0.4, 0.5) is 0 Å². The van der Waals surface area contributed by atoms with Crippen LogP contribution in [0.3, 0.4) is 0 Å². The van der Waals surface area contributed by atoms with Gasteiger partial charge in [-0.2, -0.15) is 0 Å². The van der Waals surface area contributed by atoms with E-state index in [0.29, 0.717) is 64.0 Å². The Morgan fingerprint density at radius 2 is 1.66 bits per heavy atom. The topological polar surface area (TPSA) is 98.8 Å². The van der Waals surface area contributed by atoms with E-state index in [2.05, 4.69) is 17.2 Å². The summed E-state index contributed by atoms with van der Waals surface area (Å²) in [6, 6.07) is 12.9. The molecule has 0 bridgehead atoms. The zero-order valence-electron chi connectivity index (χ0n) is 20.3. The van der Waals surface area contributed by atoms with Crippen molar-refractivity contribution in [3.8, 4) is 0 Å². The summed E-state index contributed by atoms with van der Waals surface area (Å²) in [5, 5.41) is 7.49. The van der Waals surface area contributed by atoms with Gasteiger partial charge in [0.25, 0.3) is 5.91 Å². The number of rotatable bonds is 10. The smallest absolute Gasteiger partial charge is 0.254 e. The monoisotopic (exact) mass is 478 g/mol. The van der Waals surface area contributed by atoms with Crippen LogP contribution >= 0.6 is 0 Å². The number of fused-ring (bicyclic) bond motifs is 1. The summed E-state index contributed by atoms with van der Waals surface area (Å²) in [6.45, 7) is 7.38. The van der Waals surface area contributed by atoms with Gasteiger partial charge in [0.2, 0.25) is 17.7 Å². The van der Waals surface area contributed by atoms with E-state index in [1.54, 1.807) is 16.7 Å². The number of carbonyl (C=O) groups is 4. The third kappa shape index (κ3) is 6.91. The summed E-state index contributed by atoms with van der Waals surface area (Å²) < 4.78 is 0. The molecule has 35 heavy (non-hydrogen) atoms. The molecule has 3 rings (SSSR count). The first-order valence-corrected chi connectivity index (χ1v) is 12.2. The highest BCUT2D eigenvalue weighted by molar-refractivity contribution is 6.07. The average molecular weight is 479 g/mol. The maximum absolute atomic E-state index is 13.2. The van der Waals surface area contributed by atoms with E-state index >= 15 is 0 Å². The number of nitrogens with zero attached hydrogens (tertiary/aromatic N) is 2. The molecule has 0 aromatic heterocycles. The van der Waals surface area contributed by atoms with E-state index < -0.39 is 6.04 Å². The van der Waals surface area contributed by atoms with Crippen LogP contribution in [0.2, 0.25) is 0 Å². The zero-order valence-corrected chi connectivity index (χ0v) is 20.3. The molecule has 1 saturated heterocycles. The van der Waals surface area contributed by atoms with Crippen molar-refractivity contribution in [2.45, 2.75) is 38.6 Å². The molecule has 2 N–H and O–H groups in total. The molecule has 0 spiro atoms. The van der Waals surface area contributed by atoms with Crippen molar-refractivity contribution in [2.75, 3.05) is 32.7 Å². The van der Waals surface area contributed by atoms with Gasteiger partial charge in [0.15, 0.2) is 0 Å². The Morgan fingerprint density at radius 3 is 2.37 bits per heavy atom. The molecular weight excluding hydrogens is 444 g/mol. The molecule has 8 nitrogen and oxygen atoms in total. The molecule has 8 heteroatoms. The van der Waals surface area contributed by atoms with Gasteiger partial charge < -0.3 is 20.4 Å². The van der Waals surface area contributed by atoms with Gasteiger partial charge in [-0.05, 0) is 42.2 Å². The van der Waals surface area contributed by atoms with Crippen LogP contribution in [0, 0.1) is 0 Å². The summed E-state index contributed by atoms with van der Waals surface area (Å²) in [7, 11) is 0. The molecule has 1 atom stereocenters. The van der Waals surface area contributed by atoms with Crippen LogP contribution in [-0.2, 0) is 14.4 Å². The highest BCUT2D eigenvalue weighted by Gasteiger charge is 2.30. The zero-order chi connectivity index (χ0) is 25.2. The molecular formula is C27H34N4O4. The number of benzene rings is 2. The minimum atomic E-state index is -0.613. The first-order chi connectivity index (χ1) is 16.9. The molecule has 4 amide bonds. The molecule has 0 unspecified atom stereocenters. The van der Waals surface area contributed by atoms with Crippen LogP contribution in [-0.4, -0.2) is 72.2 Å². The van der Waals surface area contributed by atoms with Gasteiger partial charge in [-0.3, -0.25) is 19.2 Å². The Morgan fingerprint density at radius 1 is 0.971 bits per heavy atom. The highest BCUT2D eigenvalue weighted by atomic mass is 16.2. The number of amides is 4. The van der Waals surface area contributed by atoms with E-state index in [1.807, 2.05) is 42.5 Å². The lowest BCUT2D eigenvalue weighted by Gasteiger charge is -2.36. The summed E-state index contributed by atoms with van der Waals surface area (Å²) in [4.78, 5) is 53.2. The molecule has 186 valence electrons.